The van der Waals surface area contributed by atoms with Gasteiger partial charge in [-0.1, -0.05) is 18.2 Å². The molecule has 2 aromatic heterocycles. The van der Waals surface area contributed by atoms with Crippen molar-refractivity contribution < 1.29 is 26.3 Å². The van der Waals surface area contributed by atoms with Crippen molar-refractivity contribution in [3.8, 4) is 17.6 Å². The normalized spacial score (nSPS) is 12.4. The average molecular weight is 436 g/mol. The predicted molar refractivity (Wildman–Crippen MR) is 101 cm³/mol. The Bertz CT molecular complexity index is 1180. The fourth-order valence-electron chi connectivity index (χ4n) is 2.22. The molecule has 0 bridgehead atoms. The van der Waals surface area contributed by atoms with Gasteiger partial charge < -0.3 is 4.74 Å². The second-order valence-corrected chi connectivity index (χ2v) is 8.38. The molecule has 0 radical (unpaired) electrons. The number of halogens is 3. The van der Waals surface area contributed by atoms with Gasteiger partial charge in [-0.3, -0.25) is 0 Å². The van der Waals surface area contributed by atoms with E-state index in [0.29, 0.717) is 28.6 Å². The number of nitriles is 1. The minimum atomic E-state index is -4.65. The number of sulfone groups is 1. The molecular formula is C19H11F3N2O3S2. The first kappa shape index (κ1) is 20.6. The molecule has 0 aliphatic rings. The number of para-hydroxylation sites is 1. The van der Waals surface area contributed by atoms with Crippen LogP contribution in [0.2, 0.25) is 0 Å². The number of hydrogen-bond donors (Lipinski definition) is 0. The Morgan fingerprint density at radius 3 is 2.45 bits per heavy atom. The van der Waals surface area contributed by atoms with Gasteiger partial charge in [0, 0.05) is 6.20 Å². The monoisotopic (exact) mass is 436 g/mol. The summed E-state index contributed by atoms with van der Waals surface area (Å²) >= 11 is 1.14. The van der Waals surface area contributed by atoms with Crippen LogP contribution < -0.4 is 4.74 Å². The molecule has 0 spiro atoms. The zero-order chi connectivity index (χ0) is 21.1. The number of alkyl halides is 3. The molecule has 148 valence electrons. The SMILES string of the molecule is N#CC(=Cc1sccc1Oc1ccccc1)S(=O)(=O)c1ccc(C(F)(F)F)cn1. The summed E-state index contributed by atoms with van der Waals surface area (Å²) in [7, 11) is -4.41. The topological polar surface area (TPSA) is 80.0 Å². The van der Waals surface area contributed by atoms with Gasteiger partial charge in [-0.2, -0.15) is 18.4 Å². The first-order valence-electron chi connectivity index (χ1n) is 7.92. The Morgan fingerprint density at radius 2 is 1.86 bits per heavy atom. The van der Waals surface area contributed by atoms with Crippen molar-refractivity contribution >= 4 is 27.3 Å². The van der Waals surface area contributed by atoms with Crippen molar-refractivity contribution in [3.63, 3.8) is 0 Å². The first-order chi connectivity index (χ1) is 13.7. The quantitative estimate of drug-likeness (QED) is 0.508. The van der Waals surface area contributed by atoms with Gasteiger partial charge >= 0.3 is 6.18 Å². The molecule has 10 heteroatoms. The molecule has 0 saturated carbocycles. The largest absolute Gasteiger partial charge is 0.456 e. The molecule has 0 aliphatic carbocycles. The van der Waals surface area contributed by atoms with Gasteiger partial charge in [0.05, 0.1) is 10.4 Å². The van der Waals surface area contributed by atoms with Crippen molar-refractivity contribution in [1.82, 2.24) is 4.98 Å². The molecule has 5 nitrogen and oxygen atoms in total. The molecule has 0 saturated heterocycles. The first-order valence-corrected chi connectivity index (χ1v) is 10.3. The van der Waals surface area contributed by atoms with Crippen molar-refractivity contribution in [2.24, 2.45) is 0 Å². The molecule has 3 rings (SSSR count). The van der Waals surface area contributed by atoms with Crippen LogP contribution in [0, 0.1) is 11.3 Å². The summed E-state index contributed by atoms with van der Waals surface area (Å²) in [6, 6.07) is 13.3. The maximum atomic E-state index is 12.7. The molecule has 0 fully saturated rings. The van der Waals surface area contributed by atoms with Crippen LogP contribution in [0.4, 0.5) is 13.2 Å². The smallest absolute Gasteiger partial charge is 0.417 e. The van der Waals surface area contributed by atoms with E-state index in [9.17, 15) is 26.9 Å². The number of hydrogen-bond acceptors (Lipinski definition) is 6. The van der Waals surface area contributed by atoms with Gasteiger partial charge in [-0.15, -0.1) is 11.3 Å². The number of thiophene rings is 1. The fraction of sp³-hybridized carbons (Fsp3) is 0.0526. The molecule has 0 N–H and O–H groups in total. The van der Waals surface area contributed by atoms with Crippen LogP contribution in [0.1, 0.15) is 10.4 Å². The standard InChI is InChI=1S/C19H11F3N2O3S2/c20-19(21,22)13-6-7-18(24-12-13)29(25,26)15(11-23)10-17-16(8-9-28-17)27-14-4-2-1-3-5-14/h1-10,12H. The van der Waals surface area contributed by atoms with Crippen LogP contribution in [-0.2, 0) is 16.0 Å². The van der Waals surface area contributed by atoms with E-state index in [1.165, 1.54) is 0 Å². The third-order valence-electron chi connectivity index (χ3n) is 3.63. The number of nitrogens with zero attached hydrogens (tertiary/aromatic N) is 2. The highest BCUT2D eigenvalue weighted by molar-refractivity contribution is 7.95. The van der Waals surface area contributed by atoms with E-state index in [-0.39, 0.29) is 0 Å². The number of allylic oxidation sites excluding steroid dienone is 1. The van der Waals surface area contributed by atoms with Crippen molar-refractivity contribution in [2.75, 3.05) is 0 Å². The Kier molecular flexibility index (Phi) is 5.72. The maximum Gasteiger partial charge on any atom is 0.417 e. The lowest BCUT2D eigenvalue weighted by atomic mass is 10.3. The zero-order valence-electron chi connectivity index (χ0n) is 14.4. The summed E-state index contributed by atoms with van der Waals surface area (Å²) in [5.74, 6) is 0.857. The van der Waals surface area contributed by atoms with E-state index in [2.05, 4.69) is 4.98 Å². The highest BCUT2D eigenvalue weighted by Gasteiger charge is 2.32. The lowest BCUT2D eigenvalue weighted by Gasteiger charge is -2.07. The Hall–Kier alpha value is -3.16. The molecule has 0 amide bonds. The Morgan fingerprint density at radius 1 is 1.14 bits per heavy atom. The summed E-state index contributed by atoms with van der Waals surface area (Å²) in [4.78, 5) is 3.08. The summed E-state index contributed by atoms with van der Waals surface area (Å²) in [6.45, 7) is 0. The van der Waals surface area contributed by atoms with Crippen LogP contribution in [0.5, 0.6) is 11.5 Å². The molecule has 2 heterocycles. The van der Waals surface area contributed by atoms with Gasteiger partial charge in [0.25, 0.3) is 0 Å². The predicted octanol–water partition coefficient (Wildman–Crippen LogP) is 5.29. The lowest BCUT2D eigenvalue weighted by Crippen LogP contribution is -2.09. The van der Waals surface area contributed by atoms with Crippen molar-refractivity contribution in [1.29, 1.82) is 5.26 Å². The van der Waals surface area contributed by atoms with Gasteiger partial charge in [0.15, 0.2) is 9.93 Å². The number of aromatic nitrogens is 1. The molecule has 0 atom stereocenters. The van der Waals surface area contributed by atoms with E-state index in [1.54, 1.807) is 47.8 Å². The van der Waals surface area contributed by atoms with Gasteiger partial charge in [0.2, 0.25) is 9.84 Å². The molecule has 3 aromatic rings. The van der Waals surface area contributed by atoms with E-state index >= 15 is 0 Å². The summed E-state index contributed by atoms with van der Waals surface area (Å²) < 4.78 is 68.9. The molecule has 0 aliphatic heterocycles. The Labute approximate surface area is 168 Å². The third-order valence-corrected chi connectivity index (χ3v) is 6.05. The van der Waals surface area contributed by atoms with Gasteiger partial charge in [-0.05, 0) is 41.8 Å². The minimum absolute atomic E-state index is 0.338. The maximum absolute atomic E-state index is 12.7. The van der Waals surface area contributed by atoms with Crippen LogP contribution in [-0.4, -0.2) is 13.4 Å². The number of ether oxygens (including phenoxy) is 1. The van der Waals surface area contributed by atoms with Crippen LogP contribution in [0.15, 0.2) is 70.0 Å². The van der Waals surface area contributed by atoms with Crippen LogP contribution in [0.25, 0.3) is 6.08 Å². The molecule has 1 aromatic carbocycles. The summed E-state index contributed by atoms with van der Waals surface area (Å²) in [5, 5.41) is 10.3. The fourth-order valence-corrected chi connectivity index (χ4v) is 4.10. The lowest BCUT2D eigenvalue weighted by molar-refractivity contribution is -0.137. The van der Waals surface area contributed by atoms with Gasteiger partial charge in [-0.25, -0.2) is 13.4 Å². The molecule has 0 unspecified atom stereocenters. The van der Waals surface area contributed by atoms with E-state index < -0.39 is 31.5 Å². The number of pyridine rings is 1. The highest BCUT2D eigenvalue weighted by atomic mass is 32.2. The van der Waals surface area contributed by atoms with E-state index in [1.807, 2.05) is 0 Å². The van der Waals surface area contributed by atoms with Crippen LogP contribution >= 0.6 is 11.3 Å². The third kappa shape index (κ3) is 4.64. The van der Waals surface area contributed by atoms with E-state index in [4.69, 9.17) is 4.74 Å². The summed E-state index contributed by atoms with van der Waals surface area (Å²) in [5.41, 5.74) is -1.09. The van der Waals surface area contributed by atoms with E-state index in [0.717, 1.165) is 23.5 Å². The second kappa shape index (κ2) is 8.06. The van der Waals surface area contributed by atoms with Crippen molar-refractivity contribution in [3.05, 3.63) is 75.5 Å². The number of rotatable bonds is 5. The molecular weight excluding hydrogens is 425 g/mol. The van der Waals surface area contributed by atoms with Crippen LogP contribution in [0.3, 0.4) is 0 Å². The van der Waals surface area contributed by atoms with Crippen molar-refractivity contribution in [2.45, 2.75) is 11.2 Å². The summed E-state index contributed by atoms with van der Waals surface area (Å²) in [6.07, 6.45) is -3.13. The van der Waals surface area contributed by atoms with Gasteiger partial charge in [0.1, 0.15) is 17.6 Å². The average Bonchev–Trinajstić information content (AvgIpc) is 3.13. The highest BCUT2D eigenvalue weighted by Crippen LogP contribution is 2.33. The number of benzene rings is 1. The second-order valence-electron chi connectivity index (χ2n) is 5.57. The molecule has 29 heavy (non-hydrogen) atoms. The minimum Gasteiger partial charge on any atom is -0.456 e. The zero-order valence-corrected chi connectivity index (χ0v) is 16.1. The Balaban J connectivity index is 1.94.